The van der Waals surface area contributed by atoms with E-state index in [4.69, 9.17) is 15.2 Å². The van der Waals surface area contributed by atoms with Crippen LogP contribution in [0.1, 0.15) is 32.6 Å². The zero-order valence-electron chi connectivity index (χ0n) is 10.9. The highest BCUT2D eigenvalue weighted by molar-refractivity contribution is 4.80. The molecule has 2 rings (SSSR count). The van der Waals surface area contributed by atoms with Gasteiger partial charge in [0, 0.05) is 25.7 Å². The van der Waals surface area contributed by atoms with E-state index < -0.39 is 0 Å². The Balaban J connectivity index is 1.58. The van der Waals surface area contributed by atoms with Crippen molar-refractivity contribution in [2.45, 2.75) is 44.9 Å². The molecule has 0 amide bonds. The van der Waals surface area contributed by atoms with Crippen LogP contribution in [0.4, 0.5) is 0 Å². The van der Waals surface area contributed by atoms with Gasteiger partial charge >= 0.3 is 0 Å². The predicted octanol–water partition coefficient (Wildman–Crippen LogP) is 1.20. The molecule has 2 N–H and O–H groups in total. The molecule has 0 radical (unpaired) electrons. The first-order chi connectivity index (χ1) is 8.25. The molecule has 4 nitrogen and oxygen atoms in total. The van der Waals surface area contributed by atoms with Crippen LogP contribution in [-0.2, 0) is 9.47 Å². The molecule has 17 heavy (non-hydrogen) atoms. The van der Waals surface area contributed by atoms with Gasteiger partial charge in [-0.1, -0.05) is 6.92 Å². The Labute approximate surface area is 104 Å². The van der Waals surface area contributed by atoms with Crippen LogP contribution in [0.5, 0.6) is 0 Å². The summed E-state index contributed by atoms with van der Waals surface area (Å²) >= 11 is 0. The third kappa shape index (κ3) is 4.21. The summed E-state index contributed by atoms with van der Waals surface area (Å²) in [6, 6.07) is 0.328. The molecule has 2 saturated heterocycles. The van der Waals surface area contributed by atoms with Gasteiger partial charge in [0.1, 0.15) is 0 Å². The number of piperidine rings is 1. The van der Waals surface area contributed by atoms with E-state index in [1.807, 2.05) is 0 Å². The zero-order chi connectivity index (χ0) is 12.1. The lowest BCUT2D eigenvalue weighted by Gasteiger charge is -2.35. The van der Waals surface area contributed by atoms with Gasteiger partial charge in [-0.05, 0) is 38.1 Å². The van der Waals surface area contributed by atoms with Crippen molar-refractivity contribution in [2.24, 2.45) is 11.7 Å². The summed E-state index contributed by atoms with van der Waals surface area (Å²) in [5.41, 5.74) is 6.08. The second kappa shape index (κ2) is 6.69. The lowest BCUT2D eigenvalue weighted by Crippen LogP contribution is -2.48. The van der Waals surface area contributed by atoms with E-state index in [1.165, 1.54) is 19.3 Å². The molecule has 2 heterocycles. The average molecular weight is 242 g/mol. The summed E-state index contributed by atoms with van der Waals surface area (Å²) in [7, 11) is 0. The maximum absolute atomic E-state index is 6.08. The Morgan fingerprint density at radius 1 is 1.35 bits per heavy atom. The van der Waals surface area contributed by atoms with Crippen LogP contribution in [0.2, 0.25) is 0 Å². The van der Waals surface area contributed by atoms with E-state index in [0.29, 0.717) is 12.0 Å². The first-order valence-electron chi connectivity index (χ1n) is 6.97. The Kier molecular flexibility index (Phi) is 5.22. The fraction of sp³-hybridized carbons (Fsp3) is 1.00. The largest absolute Gasteiger partial charge is 0.353 e. The Hall–Kier alpha value is -0.160. The molecule has 0 saturated carbocycles. The summed E-state index contributed by atoms with van der Waals surface area (Å²) in [4.78, 5) is 2.41. The number of hydrogen-bond donors (Lipinski definition) is 1. The first kappa shape index (κ1) is 13.3. The van der Waals surface area contributed by atoms with Crippen LogP contribution in [0.3, 0.4) is 0 Å². The minimum Gasteiger partial charge on any atom is -0.353 e. The molecule has 4 heteroatoms. The number of nitrogens with zero attached hydrogens (tertiary/aromatic N) is 1. The van der Waals surface area contributed by atoms with Crippen LogP contribution < -0.4 is 5.73 Å². The van der Waals surface area contributed by atoms with Crippen molar-refractivity contribution in [2.75, 3.05) is 32.8 Å². The monoisotopic (exact) mass is 242 g/mol. The SMILES string of the molecule is CC1CCN(CCOC2CCCCO2)CC1N. The van der Waals surface area contributed by atoms with E-state index in [0.717, 1.165) is 39.3 Å². The van der Waals surface area contributed by atoms with Gasteiger partial charge in [-0.15, -0.1) is 0 Å². The molecule has 100 valence electrons. The van der Waals surface area contributed by atoms with E-state index in [9.17, 15) is 0 Å². The summed E-state index contributed by atoms with van der Waals surface area (Å²) in [6.45, 7) is 7.02. The molecular weight excluding hydrogens is 216 g/mol. The van der Waals surface area contributed by atoms with Crippen molar-refractivity contribution < 1.29 is 9.47 Å². The van der Waals surface area contributed by atoms with Crippen molar-refractivity contribution in [1.82, 2.24) is 4.90 Å². The van der Waals surface area contributed by atoms with E-state index >= 15 is 0 Å². The van der Waals surface area contributed by atoms with Gasteiger partial charge in [0.05, 0.1) is 6.61 Å². The molecule has 3 atom stereocenters. The molecule has 0 aliphatic carbocycles. The number of likely N-dealkylation sites (tertiary alicyclic amines) is 1. The van der Waals surface area contributed by atoms with Gasteiger partial charge < -0.3 is 15.2 Å². The van der Waals surface area contributed by atoms with Crippen LogP contribution in [0.25, 0.3) is 0 Å². The Morgan fingerprint density at radius 3 is 2.94 bits per heavy atom. The summed E-state index contributed by atoms with van der Waals surface area (Å²) in [6.07, 6.45) is 4.72. The highest BCUT2D eigenvalue weighted by Crippen LogP contribution is 2.16. The first-order valence-corrected chi connectivity index (χ1v) is 6.97. The van der Waals surface area contributed by atoms with Crippen molar-refractivity contribution in [3.63, 3.8) is 0 Å². The van der Waals surface area contributed by atoms with Crippen LogP contribution >= 0.6 is 0 Å². The molecule has 0 aromatic rings. The maximum atomic E-state index is 6.08. The van der Waals surface area contributed by atoms with E-state index in [1.54, 1.807) is 0 Å². The number of rotatable bonds is 4. The van der Waals surface area contributed by atoms with Crippen LogP contribution in [0, 0.1) is 5.92 Å². The van der Waals surface area contributed by atoms with E-state index in [-0.39, 0.29) is 6.29 Å². The average Bonchev–Trinajstić information content (AvgIpc) is 2.35. The number of nitrogens with two attached hydrogens (primary N) is 1. The van der Waals surface area contributed by atoms with Gasteiger partial charge in [0.2, 0.25) is 0 Å². The second-order valence-corrected chi connectivity index (χ2v) is 5.40. The summed E-state index contributed by atoms with van der Waals surface area (Å²) < 4.78 is 11.3. The predicted molar refractivity (Wildman–Crippen MR) is 67.7 cm³/mol. The van der Waals surface area contributed by atoms with Crippen molar-refractivity contribution in [1.29, 1.82) is 0 Å². The van der Waals surface area contributed by atoms with Gasteiger partial charge in [-0.3, -0.25) is 4.90 Å². The molecule has 0 aromatic heterocycles. The molecule has 0 spiro atoms. The van der Waals surface area contributed by atoms with E-state index in [2.05, 4.69) is 11.8 Å². The Bertz CT molecular complexity index is 219. The van der Waals surface area contributed by atoms with Crippen molar-refractivity contribution >= 4 is 0 Å². The van der Waals surface area contributed by atoms with Crippen molar-refractivity contribution in [3.8, 4) is 0 Å². The lowest BCUT2D eigenvalue weighted by atomic mass is 9.94. The topological polar surface area (TPSA) is 47.7 Å². The van der Waals surface area contributed by atoms with Gasteiger partial charge in [-0.2, -0.15) is 0 Å². The molecule has 3 unspecified atom stereocenters. The second-order valence-electron chi connectivity index (χ2n) is 5.40. The highest BCUT2D eigenvalue weighted by Gasteiger charge is 2.23. The minimum atomic E-state index is 0.0427. The molecule has 0 bridgehead atoms. The lowest BCUT2D eigenvalue weighted by molar-refractivity contribution is -0.164. The fourth-order valence-electron chi connectivity index (χ4n) is 2.53. The molecule has 2 aliphatic heterocycles. The normalized spacial score (nSPS) is 36.0. The minimum absolute atomic E-state index is 0.0427. The molecular formula is C13H26N2O2. The fourth-order valence-corrected chi connectivity index (χ4v) is 2.53. The van der Waals surface area contributed by atoms with Crippen LogP contribution in [-0.4, -0.2) is 50.1 Å². The quantitative estimate of drug-likeness (QED) is 0.804. The van der Waals surface area contributed by atoms with Gasteiger partial charge in [0.25, 0.3) is 0 Å². The third-order valence-corrected chi connectivity index (χ3v) is 3.95. The molecule has 2 fully saturated rings. The smallest absolute Gasteiger partial charge is 0.157 e. The summed E-state index contributed by atoms with van der Waals surface area (Å²) in [5, 5.41) is 0. The van der Waals surface area contributed by atoms with Gasteiger partial charge in [0.15, 0.2) is 6.29 Å². The van der Waals surface area contributed by atoms with Gasteiger partial charge in [-0.25, -0.2) is 0 Å². The standard InChI is InChI=1S/C13H26N2O2/c1-11-5-6-15(10-12(11)14)7-9-17-13-4-2-3-8-16-13/h11-13H,2-10,14H2,1H3. The molecule has 2 aliphatic rings. The van der Waals surface area contributed by atoms with Crippen molar-refractivity contribution in [3.05, 3.63) is 0 Å². The highest BCUT2D eigenvalue weighted by atomic mass is 16.7. The number of ether oxygens (including phenoxy) is 2. The summed E-state index contributed by atoms with van der Waals surface area (Å²) in [5.74, 6) is 0.661. The maximum Gasteiger partial charge on any atom is 0.157 e. The Morgan fingerprint density at radius 2 is 2.24 bits per heavy atom. The number of hydrogen-bond acceptors (Lipinski definition) is 4. The van der Waals surface area contributed by atoms with Crippen LogP contribution in [0.15, 0.2) is 0 Å². The zero-order valence-corrected chi connectivity index (χ0v) is 10.9. The molecule has 0 aromatic carbocycles. The third-order valence-electron chi connectivity index (χ3n) is 3.95.